The summed E-state index contributed by atoms with van der Waals surface area (Å²) in [5, 5.41) is 8.45. The highest BCUT2D eigenvalue weighted by Gasteiger charge is 2.22. The van der Waals surface area contributed by atoms with Crippen molar-refractivity contribution in [2.75, 3.05) is 6.61 Å². The molecule has 0 aliphatic rings. The summed E-state index contributed by atoms with van der Waals surface area (Å²) < 4.78 is 11.7. The predicted octanol–water partition coefficient (Wildman–Crippen LogP) is 6.92. The summed E-state index contributed by atoms with van der Waals surface area (Å²) in [4.78, 5) is 25.5. The first-order chi connectivity index (χ1) is 18.7. The Morgan fingerprint density at radius 2 is 1.64 bits per heavy atom. The summed E-state index contributed by atoms with van der Waals surface area (Å²) in [6.07, 6.45) is 1.94. The first-order valence-corrected chi connectivity index (χ1v) is 13.5. The van der Waals surface area contributed by atoms with Crippen molar-refractivity contribution in [1.82, 2.24) is 10.7 Å². The van der Waals surface area contributed by atoms with Crippen LogP contribution < -0.4 is 20.2 Å². The van der Waals surface area contributed by atoms with Crippen molar-refractivity contribution < 1.29 is 19.1 Å². The second-order valence-corrected chi connectivity index (χ2v) is 10.3. The van der Waals surface area contributed by atoms with Crippen LogP contribution in [-0.4, -0.2) is 30.7 Å². The van der Waals surface area contributed by atoms with E-state index < -0.39 is 11.9 Å². The van der Waals surface area contributed by atoms with Gasteiger partial charge in [-0.15, -0.1) is 0 Å². The largest absolute Gasteiger partial charge is 0.490 e. The Morgan fingerprint density at radius 1 is 0.923 bits per heavy atom. The molecule has 0 fully saturated rings. The minimum atomic E-state index is -0.764. The van der Waals surface area contributed by atoms with Gasteiger partial charge in [0.1, 0.15) is 12.6 Å². The molecule has 0 saturated carbocycles. The lowest BCUT2D eigenvalue weighted by Gasteiger charge is -2.19. The Labute approximate surface area is 243 Å². The average molecular weight is 591 g/mol. The van der Waals surface area contributed by atoms with Gasteiger partial charge in [0, 0.05) is 26.2 Å². The Morgan fingerprint density at radius 3 is 2.31 bits per heavy atom. The van der Waals surface area contributed by atoms with Crippen molar-refractivity contribution in [2.24, 2.45) is 11.0 Å². The molecule has 206 valence electrons. The molecule has 2 amide bonds. The molecule has 0 bridgehead atoms. The van der Waals surface area contributed by atoms with Crippen molar-refractivity contribution in [3.8, 4) is 11.5 Å². The summed E-state index contributed by atoms with van der Waals surface area (Å²) >= 11 is 18.1. The van der Waals surface area contributed by atoms with E-state index in [0.29, 0.717) is 50.7 Å². The molecular formula is C29H30Cl3N3O4. The SMILES string of the molecule is CCOc1cc(/C=N/NC(=O)C(CC(C)C)NC(=O)c2ccc(Cl)cc2)ccc1OCc1ccc(Cl)cc1Cl. The van der Waals surface area contributed by atoms with Crippen LogP contribution in [0.25, 0.3) is 0 Å². The van der Waals surface area contributed by atoms with E-state index in [-0.39, 0.29) is 18.4 Å². The standard InChI is InChI=1S/C29H30Cl3N3O4/c1-4-38-27-14-19(5-12-26(27)39-17-21-8-11-23(31)15-24(21)32)16-33-35-29(37)25(13-18(2)3)34-28(36)20-6-9-22(30)10-7-20/h5-12,14-16,18,25H,4,13,17H2,1-3H3,(H,34,36)(H,35,37)/b33-16+. The fraction of sp³-hybridized carbons (Fsp3) is 0.276. The van der Waals surface area contributed by atoms with Crippen LogP contribution in [0.1, 0.15) is 48.7 Å². The van der Waals surface area contributed by atoms with E-state index in [4.69, 9.17) is 44.3 Å². The van der Waals surface area contributed by atoms with Gasteiger partial charge < -0.3 is 14.8 Å². The third-order valence-electron chi connectivity index (χ3n) is 5.49. The first kappa shape index (κ1) is 30.3. The van der Waals surface area contributed by atoms with E-state index in [2.05, 4.69) is 15.8 Å². The molecule has 0 heterocycles. The van der Waals surface area contributed by atoms with Crippen molar-refractivity contribution in [1.29, 1.82) is 0 Å². The van der Waals surface area contributed by atoms with Gasteiger partial charge in [-0.1, -0.05) is 54.7 Å². The molecule has 2 N–H and O–H groups in total. The quantitative estimate of drug-likeness (QED) is 0.177. The molecule has 3 aromatic rings. The van der Waals surface area contributed by atoms with Gasteiger partial charge in [-0.2, -0.15) is 5.10 Å². The lowest BCUT2D eigenvalue weighted by molar-refractivity contribution is -0.123. The number of ether oxygens (including phenoxy) is 2. The third kappa shape index (κ3) is 9.46. The minimum Gasteiger partial charge on any atom is -0.490 e. The van der Waals surface area contributed by atoms with E-state index in [1.807, 2.05) is 20.8 Å². The lowest BCUT2D eigenvalue weighted by Crippen LogP contribution is -2.46. The van der Waals surface area contributed by atoms with Crippen molar-refractivity contribution >= 4 is 52.8 Å². The zero-order valence-electron chi connectivity index (χ0n) is 21.8. The zero-order valence-corrected chi connectivity index (χ0v) is 24.1. The van der Waals surface area contributed by atoms with Crippen LogP contribution in [0, 0.1) is 5.92 Å². The lowest BCUT2D eigenvalue weighted by atomic mass is 10.0. The first-order valence-electron chi connectivity index (χ1n) is 12.4. The van der Waals surface area contributed by atoms with Gasteiger partial charge in [0.25, 0.3) is 11.8 Å². The van der Waals surface area contributed by atoms with Gasteiger partial charge in [0.2, 0.25) is 0 Å². The second kappa shape index (κ2) is 14.8. The molecule has 10 heteroatoms. The smallest absolute Gasteiger partial charge is 0.262 e. The molecule has 0 aromatic heterocycles. The zero-order chi connectivity index (χ0) is 28.4. The summed E-state index contributed by atoms with van der Waals surface area (Å²) in [6.45, 7) is 6.47. The van der Waals surface area contributed by atoms with Gasteiger partial charge in [0.15, 0.2) is 11.5 Å². The minimum absolute atomic E-state index is 0.166. The number of benzene rings is 3. The number of hydrogen-bond donors (Lipinski definition) is 2. The number of halogens is 3. The molecule has 0 saturated heterocycles. The fourth-order valence-corrected chi connectivity index (χ4v) is 4.17. The van der Waals surface area contributed by atoms with Crippen molar-refractivity contribution in [3.05, 3.63) is 92.4 Å². The second-order valence-electron chi connectivity index (χ2n) is 9.06. The Balaban J connectivity index is 1.65. The van der Waals surface area contributed by atoms with Crippen LogP contribution in [-0.2, 0) is 11.4 Å². The van der Waals surface area contributed by atoms with Crippen LogP contribution in [0.5, 0.6) is 11.5 Å². The molecule has 0 spiro atoms. The van der Waals surface area contributed by atoms with E-state index in [1.54, 1.807) is 60.7 Å². The highest BCUT2D eigenvalue weighted by molar-refractivity contribution is 6.35. The topological polar surface area (TPSA) is 89.0 Å². The predicted molar refractivity (Wildman–Crippen MR) is 156 cm³/mol. The van der Waals surface area contributed by atoms with E-state index in [1.165, 1.54) is 6.21 Å². The molecule has 1 unspecified atom stereocenters. The Hall–Kier alpha value is -3.26. The molecule has 0 aliphatic carbocycles. The van der Waals surface area contributed by atoms with E-state index in [9.17, 15) is 9.59 Å². The van der Waals surface area contributed by atoms with Gasteiger partial charge >= 0.3 is 0 Å². The average Bonchev–Trinajstić information content (AvgIpc) is 2.89. The Bertz CT molecular complexity index is 1310. The van der Waals surface area contributed by atoms with Crippen LogP contribution in [0.15, 0.2) is 65.8 Å². The molecule has 39 heavy (non-hydrogen) atoms. The van der Waals surface area contributed by atoms with Crippen molar-refractivity contribution in [3.63, 3.8) is 0 Å². The number of carbonyl (C=O) groups is 2. The summed E-state index contributed by atoms with van der Waals surface area (Å²) in [5.74, 6) is 0.427. The van der Waals surface area contributed by atoms with Crippen LogP contribution >= 0.6 is 34.8 Å². The molecule has 7 nitrogen and oxygen atoms in total. The number of nitrogens with zero attached hydrogens (tertiary/aromatic N) is 1. The molecule has 3 rings (SSSR count). The molecule has 3 aromatic carbocycles. The summed E-state index contributed by atoms with van der Waals surface area (Å²) in [5.41, 5.74) is 4.40. The van der Waals surface area contributed by atoms with Crippen LogP contribution in [0.2, 0.25) is 15.1 Å². The van der Waals surface area contributed by atoms with Crippen LogP contribution in [0.4, 0.5) is 0 Å². The number of carbonyl (C=O) groups excluding carboxylic acids is 2. The molecule has 1 atom stereocenters. The summed E-state index contributed by atoms with van der Waals surface area (Å²) in [6, 6.07) is 16.2. The van der Waals surface area contributed by atoms with Gasteiger partial charge in [-0.3, -0.25) is 9.59 Å². The maximum Gasteiger partial charge on any atom is 0.262 e. The molecule has 0 aliphatic heterocycles. The highest BCUT2D eigenvalue weighted by atomic mass is 35.5. The van der Waals surface area contributed by atoms with Crippen LogP contribution in [0.3, 0.4) is 0 Å². The van der Waals surface area contributed by atoms with E-state index >= 15 is 0 Å². The maximum atomic E-state index is 12.9. The number of hydrogen-bond acceptors (Lipinski definition) is 5. The van der Waals surface area contributed by atoms with E-state index in [0.717, 1.165) is 5.56 Å². The number of hydrazone groups is 1. The van der Waals surface area contributed by atoms with Crippen molar-refractivity contribution in [2.45, 2.75) is 39.8 Å². The molecule has 0 radical (unpaired) electrons. The third-order valence-corrected chi connectivity index (χ3v) is 6.33. The van der Waals surface area contributed by atoms with Gasteiger partial charge in [-0.05, 0) is 79.4 Å². The van der Waals surface area contributed by atoms with Gasteiger partial charge in [-0.25, -0.2) is 5.43 Å². The maximum absolute atomic E-state index is 12.9. The number of rotatable bonds is 12. The number of amides is 2. The Kier molecular flexibility index (Phi) is 11.5. The summed E-state index contributed by atoms with van der Waals surface area (Å²) in [7, 11) is 0. The van der Waals surface area contributed by atoms with Gasteiger partial charge in [0.05, 0.1) is 12.8 Å². The fourth-order valence-electron chi connectivity index (χ4n) is 3.58. The number of nitrogens with one attached hydrogen (secondary N) is 2. The molecular weight excluding hydrogens is 561 g/mol. The monoisotopic (exact) mass is 589 g/mol. The normalized spacial score (nSPS) is 11.9. The highest BCUT2D eigenvalue weighted by Crippen LogP contribution is 2.30.